The van der Waals surface area contributed by atoms with Crippen molar-refractivity contribution in [3.63, 3.8) is 0 Å². The van der Waals surface area contributed by atoms with Gasteiger partial charge in [0.2, 0.25) is 0 Å². The van der Waals surface area contributed by atoms with Crippen LogP contribution in [0.2, 0.25) is 0 Å². The molecule has 0 aliphatic carbocycles. The van der Waals surface area contributed by atoms with Gasteiger partial charge in [-0.05, 0) is 19.3 Å². The maximum Gasteiger partial charge on any atom is 0.303 e. The van der Waals surface area contributed by atoms with Crippen molar-refractivity contribution in [3.05, 3.63) is 0 Å². The summed E-state index contributed by atoms with van der Waals surface area (Å²) in [5, 5.41) is 8.37. The highest BCUT2D eigenvalue weighted by atomic mass is 16.5. The van der Waals surface area contributed by atoms with E-state index in [1.165, 1.54) is 0 Å². The maximum absolute atomic E-state index is 10.2. The number of aldehydes is 1. The predicted molar refractivity (Wildman–Crippen MR) is 40.8 cm³/mol. The van der Waals surface area contributed by atoms with Crippen LogP contribution in [0, 0.1) is 0 Å². The van der Waals surface area contributed by atoms with Crippen molar-refractivity contribution in [2.75, 3.05) is 0 Å². The predicted octanol–water partition coefficient (Wildman–Crippen LogP) is 0.598. The van der Waals surface area contributed by atoms with Crippen molar-refractivity contribution in [1.82, 2.24) is 0 Å². The SMILES string of the molecule is O=CC1CCC(CCC(=O)O)O1. The Labute approximate surface area is 70.5 Å². The summed E-state index contributed by atoms with van der Waals surface area (Å²) in [5.41, 5.74) is 0. The van der Waals surface area contributed by atoms with Crippen molar-refractivity contribution in [1.29, 1.82) is 0 Å². The van der Waals surface area contributed by atoms with Gasteiger partial charge >= 0.3 is 5.97 Å². The van der Waals surface area contributed by atoms with Gasteiger partial charge in [-0.25, -0.2) is 0 Å². The fourth-order valence-corrected chi connectivity index (χ4v) is 1.33. The van der Waals surface area contributed by atoms with Crippen molar-refractivity contribution < 1.29 is 19.4 Å². The average molecular weight is 172 g/mol. The molecule has 1 heterocycles. The number of ether oxygens (including phenoxy) is 1. The molecule has 0 aromatic rings. The van der Waals surface area contributed by atoms with Crippen LogP contribution >= 0.6 is 0 Å². The van der Waals surface area contributed by atoms with E-state index in [1.807, 2.05) is 0 Å². The zero-order valence-electron chi connectivity index (χ0n) is 6.73. The summed E-state index contributed by atoms with van der Waals surface area (Å²) < 4.78 is 5.23. The number of hydrogen-bond donors (Lipinski definition) is 1. The Morgan fingerprint density at radius 3 is 2.83 bits per heavy atom. The second kappa shape index (κ2) is 4.21. The molecule has 0 bridgehead atoms. The van der Waals surface area contributed by atoms with Crippen LogP contribution in [0.5, 0.6) is 0 Å². The normalized spacial score (nSPS) is 28.7. The molecule has 0 spiro atoms. The molecule has 1 rings (SSSR count). The first kappa shape index (κ1) is 9.19. The zero-order chi connectivity index (χ0) is 8.97. The minimum Gasteiger partial charge on any atom is -0.481 e. The molecule has 1 saturated heterocycles. The summed E-state index contributed by atoms with van der Waals surface area (Å²) in [6.07, 6.45) is 2.61. The van der Waals surface area contributed by atoms with E-state index in [0.717, 1.165) is 19.1 Å². The lowest BCUT2D eigenvalue weighted by atomic mass is 10.1. The van der Waals surface area contributed by atoms with Crippen molar-refractivity contribution in [2.45, 2.75) is 37.9 Å². The monoisotopic (exact) mass is 172 g/mol. The van der Waals surface area contributed by atoms with Crippen molar-refractivity contribution in [3.8, 4) is 0 Å². The molecule has 0 aromatic carbocycles. The van der Waals surface area contributed by atoms with Gasteiger partial charge in [0.15, 0.2) is 0 Å². The molecule has 1 aliphatic rings. The van der Waals surface area contributed by atoms with Gasteiger partial charge in [-0.15, -0.1) is 0 Å². The minimum atomic E-state index is -0.812. The van der Waals surface area contributed by atoms with Crippen LogP contribution in [0.15, 0.2) is 0 Å². The lowest BCUT2D eigenvalue weighted by molar-refractivity contribution is -0.137. The number of carbonyl (C=O) groups is 2. The van der Waals surface area contributed by atoms with Gasteiger partial charge < -0.3 is 14.6 Å². The van der Waals surface area contributed by atoms with Crippen LogP contribution < -0.4 is 0 Å². The molecule has 1 aliphatic heterocycles. The van der Waals surface area contributed by atoms with Gasteiger partial charge in [0.05, 0.1) is 6.10 Å². The second-order valence-corrected chi connectivity index (χ2v) is 2.94. The van der Waals surface area contributed by atoms with Crippen LogP contribution in [0.3, 0.4) is 0 Å². The third-order valence-electron chi connectivity index (χ3n) is 1.97. The molecule has 0 amide bonds. The van der Waals surface area contributed by atoms with E-state index in [4.69, 9.17) is 9.84 Å². The summed E-state index contributed by atoms with van der Waals surface area (Å²) in [6.45, 7) is 0. The summed E-state index contributed by atoms with van der Waals surface area (Å²) >= 11 is 0. The van der Waals surface area contributed by atoms with Gasteiger partial charge in [0.25, 0.3) is 0 Å². The van der Waals surface area contributed by atoms with Crippen LogP contribution in [-0.4, -0.2) is 29.6 Å². The van der Waals surface area contributed by atoms with E-state index in [1.54, 1.807) is 0 Å². The number of carboxylic acids is 1. The first-order chi connectivity index (χ1) is 5.72. The minimum absolute atomic E-state index is 0.0312. The highest BCUT2D eigenvalue weighted by Gasteiger charge is 2.24. The molecule has 0 saturated carbocycles. The Hall–Kier alpha value is -0.900. The van der Waals surface area contributed by atoms with E-state index in [0.29, 0.717) is 6.42 Å². The molecule has 1 fully saturated rings. The Kier molecular flexibility index (Phi) is 3.22. The summed E-state index contributed by atoms with van der Waals surface area (Å²) in [6, 6.07) is 0. The quantitative estimate of drug-likeness (QED) is 0.630. The standard InChI is InChI=1S/C8H12O4/c9-5-7-2-1-6(12-7)3-4-8(10)11/h5-7H,1-4H2,(H,10,11). The van der Waals surface area contributed by atoms with Crippen LogP contribution in [0.1, 0.15) is 25.7 Å². The van der Waals surface area contributed by atoms with E-state index >= 15 is 0 Å². The van der Waals surface area contributed by atoms with Crippen LogP contribution in [0.4, 0.5) is 0 Å². The van der Waals surface area contributed by atoms with Crippen LogP contribution in [-0.2, 0) is 14.3 Å². The first-order valence-corrected chi connectivity index (χ1v) is 4.05. The fraction of sp³-hybridized carbons (Fsp3) is 0.750. The van der Waals surface area contributed by atoms with E-state index < -0.39 is 5.97 Å². The maximum atomic E-state index is 10.2. The number of carbonyl (C=O) groups excluding carboxylic acids is 1. The van der Waals surface area contributed by atoms with E-state index in [2.05, 4.69) is 0 Å². The Morgan fingerprint density at radius 2 is 2.33 bits per heavy atom. The Morgan fingerprint density at radius 1 is 1.58 bits per heavy atom. The molecule has 4 nitrogen and oxygen atoms in total. The zero-order valence-corrected chi connectivity index (χ0v) is 6.73. The molecule has 12 heavy (non-hydrogen) atoms. The summed E-state index contributed by atoms with van der Waals surface area (Å²) in [4.78, 5) is 20.4. The number of aliphatic carboxylic acids is 1. The van der Waals surface area contributed by atoms with Gasteiger partial charge in [-0.3, -0.25) is 4.79 Å². The fourth-order valence-electron chi connectivity index (χ4n) is 1.33. The third-order valence-corrected chi connectivity index (χ3v) is 1.97. The topological polar surface area (TPSA) is 63.6 Å². The molecule has 2 atom stereocenters. The molecule has 1 N–H and O–H groups in total. The van der Waals surface area contributed by atoms with Gasteiger partial charge in [-0.2, -0.15) is 0 Å². The molecule has 2 unspecified atom stereocenters. The smallest absolute Gasteiger partial charge is 0.303 e. The highest BCUT2D eigenvalue weighted by Crippen LogP contribution is 2.21. The molecule has 0 radical (unpaired) electrons. The van der Waals surface area contributed by atoms with Gasteiger partial charge in [0.1, 0.15) is 12.4 Å². The molecular weight excluding hydrogens is 160 g/mol. The molecule has 0 aromatic heterocycles. The van der Waals surface area contributed by atoms with E-state index in [-0.39, 0.29) is 18.6 Å². The van der Waals surface area contributed by atoms with Crippen LogP contribution in [0.25, 0.3) is 0 Å². The lowest BCUT2D eigenvalue weighted by Crippen LogP contribution is -2.13. The molecule has 68 valence electrons. The largest absolute Gasteiger partial charge is 0.481 e. The Balaban J connectivity index is 2.19. The lowest BCUT2D eigenvalue weighted by Gasteiger charge is -2.07. The third kappa shape index (κ3) is 2.62. The van der Waals surface area contributed by atoms with Gasteiger partial charge in [-0.1, -0.05) is 0 Å². The average Bonchev–Trinajstić information content (AvgIpc) is 2.48. The number of carboxylic acid groups (broad SMARTS) is 1. The number of rotatable bonds is 4. The Bertz CT molecular complexity index is 178. The van der Waals surface area contributed by atoms with Crippen molar-refractivity contribution >= 4 is 12.3 Å². The van der Waals surface area contributed by atoms with Crippen molar-refractivity contribution in [2.24, 2.45) is 0 Å². The highest BCUT2D eigenvalue weighted by molar-refractivity contribution is 5.66. The number of hydrogen-bond acceptors (Lipinski definition) is 3. The summed E-state index contributed by atoms with van der Waals surface area (Å²) in [5.74, 6) is -0.812. The first-order valence-electron chi connectivity index (χ1n) is 4.05. The van der Waals surface area contributed by atoms with E-state index in [9.17, 15) is 9.59 Å². The summed E-state index contributed by atoms with van der Waals surface area (Å²) in [7, 11) is 0. The molecular formula is C8H12O4. The second-order valence-electron chi connectivity index (χ2n) is 2.94. The van der Waals surface area contributed by atoms with Gasteiger partial charge in [0, 0.05) is 6.42 Å². The molecule has 4 heteroatoms.